The van der Waals surface area contributed by atoms with E-state index in [4.69, 9.17) is 11.6 Å². The Morgan fingerprint density at radius 2 is 2.00 bits per heavy atom. The molecule has 2 nitrogen and oxygen atoms in total. The van der Waals surface area contributed by atoms with Crippen molar-refractivity contribution in [2.75, 3.05) is 5.88 Å². The van der Waals surface area contributed by atoms with Crippen molar-refractivity contribution < 1.29 is 0 Å². The maximum atomic E-state index is 5.73. The molecule has 0 radical (unpaired) electrons. The van der Waals surface area contributed by atoms with E-state index in [0.29, 0.717) is 5.88 Å². The number of imidazole rings is 1. The van der Waals surface area contributed by atoms with E-state index in [0.717, 1.165) is 17.9 Å². The van der Waals surface area contributed by atoms with Gasteiger partial charge >= 0.3 is 0 Å². The second-order valence-corrected chi connectivity index (χ2v) is 5.25. The van der Waals surface area contributed by atoms with Crippen molar-refractivity contribution in [2.45, 2.75) is 32.1 Å². The van der Waals surface area contributed by atoms with E-state index in [9.17, 15) is 0 Å². The quantitative estimate of drug-likeness (QED) is 0.837. The highest BCUT2D eigenvalue weighted by Gasteiger charge is 2.11. The lowest BCUT2D eigenvalue weighted by molar-refractivity contribution is 0.686. The number of rotatable bonds is 3. The predicted molar refractivity (Wildman–Crippen MR) is 75.1 cm³/mol. The number of H-pyrrole nitrogens is 1. The zero-order valence-corrected chi connectivity index (χ0v) is 11.1. The van der Waals surface area contributed by atoms with Gasteiger partial charge in [-0.25, -0.2) is 4.98 Å². The Bertz CT molecular complexity index is 545. The Kier molecular flexibility index (Phi) is 3.37. The molecule has 1 aromatic heterocycles. The van der Waals surface area contributed by atoms with Gasteiger partial charge in [0.15, 0.2) is 0 Å². The number of alkyl halides is 1. The standard InChI is InChI=1S/C15H17ClN2/c16-8-7-15-17-10-14(18-15)13-6-5-11-3-1-2-4-12(11)9-13/h5-6,9-10H,1-4,7-8H2,(H,17,18). The molecule has 3 heteroatoms. The minimum absolute atomic E-state index is 0.608. The van der Waals surface area contributed by atoms with Gasteiger partial charge in [-0.3, -0.25) is 0 Å². The monoisotopic (exact) mass is 260 g/mol. The SMILES string of the molecule is ClCCc1ncc(-c2ccc3c(c2)CCCC3)[nH]1. The van der Waals surface area contributed by atoms with Crippen molar-refractivity contribution in [3.05, 3.63) is 41.3 Å². The van der Waals surface area contributed by atoms with E-state index in [1.807, 2.05) is 6.20 Å². The van der Waals surface area contributed by atoms with Crippen LogP contribution in [-0.2, 0) is 19.3 Å². The Morgan fingerprint density at radius 1 is 1.17 bits per heavy atom. The first-order chi connectivity index (χ1) is 8.86. The molecule has 0 aliphatic heterocycles. The smallest absolute Gasteiger partial charge is 0.107 e. The highest BCUT2D eigenvalue weighted by molar-refractivity contribution is 6.17. The topological polar surface area (TPSA) is 28.7 Å². The van der Waals surface area contributed by atoms with E-state index in [1.54, 1.807) is 0 Å². The lowest BCUT2D eigenvalue weighted by atomic mass is 9.90. The predicted octanol–water partition coefficient (Wildman–Crippen LogP) is 3.74. The Morgan fingerprint density at radius 3 is 2.83 bits per heavy atom. The molecule has 3 rings (SSSR count). The van der Waals surface area contributed by atoms with Crippen LogP contribution in [0, 0.1) is 0 Å². The molecular formula is C15H17ClN2. The molecule has 1 heterocycles. The molecular weight excluding hydrogens is 244 g/mol. The second-order valence-electron chi connectivity index (χ2n) is 4.87. The van der Waals surface area contributed by atoms with Gasteiger partial charge in [0.1, 0.15) is 5.82 Å². The summed E-state index contributed by atoms with van der Waals surface area (Å²) < 4.78 is 0. The molecule has 0 fully saturated rings. The molecule has 0 unspecified atom stereocenters. The average molecular weight is 261 g/mol. The maximum Gasteiger partial charge on any atom is 0.107 e. The van der Waals surface area contributed by atoms with E-state index in [1.165, 1.54) is 42.4 Å². The van der Waals surface area contributed by atoms with Crippen molar-refractivity contribution in [2.24, 2.45) is 0 Å². The summed E-state index contributed by atoms with van der Waals surface area (Å²) in [7, 11) is 0. The van der Waals surface area contributed by atoms with Crippen LogP contribution < -0.4 is 0 Å². The normalized spacial score (nSPS) is 14.5. The van der Waals surface area contributed by atoms with Crippen LogP contribution in [0.2, 0.25) is 0 Å². The van der Waals surface area contributed by atoms with Crippen LogP contribution >= 0.6 is 11.6 Å². The highest BCUT2D eigenvalue weighted by Crippen LogP contribution is 2.26. The highest BCUT2D eigenvalue weighted by atomic mass is 35.5. The van der Waals surface area contributed by atoms with Crippen LogP contribution in [0.15, 0.2) is 24.4 Å². The average Bonchev–Trinajstić information content (AvgIpc) is 2.87. The first-order valence-electron chi connectivity index (χ1n) is 6.59. The number of fused-ring (bicyclic) bond motifs is 1. The molecule has 0 saturated carbocycles. The summed E-state index contributed by atoms with van der Waals surface area (Å²) in [4.78, 5) is 7.70. The molecule has 0 amide bonds. The molecule has 1 aromatic carbocycles. The Labute approximate surface area is 112 Å². The summed E-state index contributed by atoms with van der Waals surface area (Å²) in [6.45, 7) is 0. The third-order valence-corrected chi connectivity index (χ3v) is 3.81. The second kappa shape index (κ2) is 5.15. The Balaban J connectivity index is 1.91. The van der Waals surface area contributed by atoms with Crippen molar-refractivity contribution in [1.29, 1.82) is 0 Å². The van der Waals surface area contributed by atoms with E-state index >= 15 is 0 Å². The third kappa shape index (κ3) is 2.30. The van der Waals surface area contributed by atoms with Crippen molar-refractivity contribution in [3.63, 3.8) is 0 Å². The number of aromatic nitrogens is 2. The molecule has 0 saturated heterocycles. The van der Waals surface area contributed by atoms with Crippen molar-refractivity contribution >= 4 is 11.6 Å². The van der Waals surface area contributed by atoms with Crippen molar-refractivity contribution in [1.82, 2.24) is 9.97 Å². The van der Waals surface area contributed by atoms with Crippen LogP contribution in [0.5, 0.6) is 0 Å². The number of halogens is 1. The summed E-state index contributed by atoms with van der Waals surface area (Å²) in [6, 6.07) is 6.78. The van der Waals surface area contributed by atoms with E-state index in [-0.39, 0.29) is 0 Å². The first-order valence-corrected chi connectivity index (χ1v) is 7.12. The lowest BCUT2D eigenvalue weighted by Crippen LogP contribution is -2.02. The largest absolute Gasteiger partial charge is 0.342 e. The minimum Gasteiger partial charge on any atom is -0.342 e. The lowest BCUT2D eigenvalue weighted by Gasteiger charge is -2.16. The van der Waals surface area contributed by atoms with Crippen LogP contribution in [-0.4, -0.2) is 15.8 Å². The molecule has 0 spiro atoms. The summed E-state index contributed by atoms with van der Waals surface area (Å²) in [5.74, 6) is 1.58. The molecule has 0 atom stereocenters. The van der Waals surface area contributed by atoms with Gasteiger partial charge in [0, 0.05) is 12.3 Å². The molecule has 18 heavy (non-hydrogen) atoms. The van der Waals surface area contributed by atoms with Gasteiger partial charge in [-0.2, -0.15) is 0 Å². The van der Waals surface area contributed by atoms with Gasteiger partial charge in [0.25, 0.3) is 0 Å². The number of benzene rings is 1. The molecule has 2 aromatic rings. The van der Waals surface area contributed by atoms with Gasteiger partial charge in [0.2, 0.25) is 0 Å². The summed E-state index contributed by atoms with van der Waals surface area (Å²) in [5.41, 5.74) is 5.37. The molecule has 1 N–H and O–H groups in total. The fourth-order valence-electron chi connectivity index (χ4n) is 2.63. The number of hydrogen-bond acceptors (Lipinski definition) is 1. The minimum atomic E-state index is 0.608. The van der Waals surface area contributed by atoms with Gasteiger partial charge in [-0.15, -0.1) is 11.6 Å². The number of hydrogen-bond donors (Lipinski definition) is 1. The van der Waals surface area contributed by atoms with Crippen LogP contribution in [0.4, 0.5) is 0 Å². The van der Waals surface area contributed by atoms with E-state index in [2.05, 4.69) is 28.2 Å². The van der Waals surface area contributed by atoms with Crippen LogP contribution in [0.1, 0.15) is 29.8 Å². The molecule has 0 bridgehead atoms. The number of nitrogens with zero attached hydrogens (tertiary/aromatic N) is 1. The summed E-state index contributed by atoms with van der Waals surface area (Å²) >= 11 is 5.73. The van der Waals surface area contributed by atoms with Crippen molar-refractivity contribution in [3.8, 4) is 11.3 Å². The fourth-order valence-corrected chi connectivity index (χ4v) is 2.81. The number of aryl methyl sites for hydroxylation is 3. The van der Waals surface area contributed by atoms with Crippen LogP contribution in [0.3, 0.4) is 0 Å². The number of aromatic amines is 1. The summed E-state index contributed by atoms with van der Waals surface area (Å²) in [6.07, 6.45) is 7.80. The van der Waals surface area contributed by atoms with Gasteiger partial charge in [-0.1, -0.05) is 12.1 Å². The Hall–Kier alpha value is -1.28. The van der Waals surface area contributed by atoms with E-state index < -0.39 is 0 Å². The fraction of sp³-hybridized carbons (Fsp3) is 0.400. The zero-order chi connectivity index (χ0) is 12.4. The molecule has 94 valence electrons. The molecule has 1 aliphatic carbocycles. The van der Waals surface area contributed by atoms with Gasteiger partial charge < -0.3 is 4.98 Å². The zero-order valence-electron chi connectivity index (χ0n) is 10.4. The van der Waals surface area contributed by atoms with Gasteiger partial charge in [0.05, 0.1) is 11.9 Å². The molecule has 1 aliphatic rings. The first kappa shape index (κ1) is 11.8. The maximum absolute atomic E-state index is 5.73. The van der Waals surface area contributed by atoms with Crippen LogP contribution in [0.25, 0.3) is 11.3 Å². The third-order valence-electron chi connectivity index (χ3n) is 3.62. The summed E-state index contributed by atoms with van der Waals surface area (Å²) in [5, 5.41) is 0. The number of nitrogens with one attached hydrogen (secondary N) is 1. The van der Waals surface area contributed by atoms with Gasteiger partial charge in [-0.05, 0) is 48.4 Å².